The predicted octanol–water partition coefficient (Wildman–Crippen LogP) is 15.3. The summed E-state index contributed by atoms with van der Waals surface area (Å²) < 4.78 is 15.6. The van der Waals surface area contributed by atoms with Crippen molar-refractivity contribution in [2.24, 2.45) is 0 Å². The van der Waals surface area contributed by atoms with Crippen LogP contribution in [0, 0.1) is 6.57 Å². The molecular formula is C64H52N6O4. The van der Waals surface area contributed by atoms with E-state index in [-0.39, 0.29) is 24.0 Å². The third-order valence-corrected chi connectivity index (χ3v) is 13.6. The Morgan fingerprint density at radius 1 is 0.473 bits per heavy atom. The minimum absolute atomic E-state index is 0.0732. The van der Waals surface area contributed by atoms with Gasteiger partial charge in [0.2, 0.25) is 11.6 Å². The number of hydrogen-bond donors (Lipinski definition) is 0. The van der Waals surface area contributed by atoms with Gasteiger partial charge in [-0.1, -0.05) is 151 Å². The molecule has 3 heterocycles. The number of benzene rings is 8. The van der Waals surface area contributed by atoms with Crippen LogP contribution in [0.5, 0.6) is 0 Å². The van der Waals surface area contributed by atoms with Crippen molar-refractivity contribution in [3.8, 4) is 34.4 Å². The number of carbonyl (C=O) groups excluding carboxylic acids is 2. The maximum Gasteiger partial charge on any atom is 0.338 e. The van der Waals surface area contributed by atoms with Gasteiger partial charge in [-0.15, -0.1) is 0 Å². The lowest BCUT2D eigenvalue weighted by Gasteiger charge is -2.19. The first-order valence-corrected chi connectivity index (χ1v) is 24.7. The maximum absolute atomic E-state index is 13.6. The Morgan fingerprint density at radius 3 is 1.38 bits per heavy atom. The first-order valence-electron chi connectivity index (χ1n) is 24.7. The Bertz CT molecular complexity index is 3840. The molecule has 0 N–H and O–H groups in total. The molecule has 0 amide bonds. The van der Waals surface area contributed by atoms with Gasteiger partial charge in [-0.3, -0.25) is 4.57 Å². The highest BCUT2D eigenvalue weighted by Gasteiger charge is 2.25. The molecule has 3 aromatic heterocycles. The van der Waals surface area contributed by atoms with Crippen molar-refractivity contribution in [2.45, 2.75) is 65.6 Å². The van der Waals surface area contributed by atoms with E-state index in [0.29, 0.717) is 56.4 Å². The molecule has 0 aliphatic heterocycles. The van der Waals surface area contributed by atoms with E-state index in [9.17, 15) is 9.59 Å². The molecule has 0 saturated heterocycles. The average molecular weight is 969 g/mol. The molecule has 10 heteroatoms. The highest BCUT2D eigenvalue weighted by Crippen LogP contribution is 2.41. The van der Waals surface area contributed by atoms with Crippen LogP contribution in [0.2, 0.25) is 0 Å². The van der Waals surface area contributed by atoms with Crippen LogP contribution < -0.4 is 0 Å². The molecule has 0 fully saturated rings. The third kappa shape index (κ3) is 8.94. The highest BCUT2D eigenvalue weighted by atomic mass is 16.5. The lowest BCUT2D eigenvalue weighted by Crippen LogP contribution is -2.10. The molecule has 74 heavy (non-hydrogen) atoms. The van der Waals surface area contributed by atoms with Crippen molar-refractivity contribution >= 4 is 61.2 Å². The fourth-order valence-electron chi connectivity index (χ4n) is 9.57. The minimum Gasteiger partial charge on any atom is -0.457 e. The highest BCUT2D eigenvalue weighted by molar-refractivity contribution is 6.13. The third-order valence-electron chi connectivity index (χ3n) is 13.6. The first kappa shape index (κ1) is 47.1. The molecule has 11 rings (SSSR count). The van der Waals surface area contributed by atoms with Crippen LogP contribution in [0.1, 0.15) is 84.5 Å². The van der Waals surface area contributed by atoms with Gasteiger partial charge in [-0.05, 0) is 106 Å². The smallest absolute Gasteiger partial charge is 0.338 e. The van der Waals surface area contributed by atoms with E-state index in [1.54, 1.807) is 24.3 Å². The molecule has 0 radical (unpaired) electrons. The summed E-state index contributed by atoms with van der Waals surface area (Å²) in [6.07, 6.45) is 0. The second-order valence-corrected chi connectivity index (χ2v) is 20.7. The Labute approximate surface area is 429 Å². The molecule has 11 aromatic rings. The van der Waals surface area contributed by atoms with Crippen molar-refractivity contribution in [3.63, 3.8) is 0 Å². The zero-order valence-corrected chi connectivity index (χ0v) is 42.1. The molecule has 0 bridgehead atoms. The molecule has 8 aromatic carbocycles. The number of esters is 2. The van der Waals surface area contributed by atoms with Crippen molar-refractivity contribution in [3.05, 3.63) is 227 Å². The van der Waals surface area contributed by atoms with Crippen LogP contribution in [-0.4, -0.2) is 36.0 Å². The Balaban J connectivity index is 1.05. The standard InChI is InChI=1S/C64H52N6O4/c1-63(2,3)46-26-31-55-50(36-46)51-37-47(64(4,5)6)27-32-56(51)70(55)62-67-58(42-21-15-10-16-22-42)66-59(68-62)43-23-30-57(52(35-43)65-7)69-53-28-24-44(60(71)73-38-40-17-11-8-12-18-40)33-48(53)49-34-45(25-29-54(49)69)61(72)74-39-41-19-13-9-14-20-41/h8-37H,38-39H2,1-6H3. The number of aromatic nitrogens is 5. The summed E-state index contributed by atoms with van der Waals surface area (Å²) in [5, 5.41) is 3.61. The van der Waals surface area contributed by atoms with E-state index in [2.05, 4.69) is 87.4 Å². The van der Waals surface area contributed by atoms with E-state index < -0.39 is 11.9 Å². The molecular weight excluding hydrogens is 917 g/mol. The number of ether oxygens (including phenoxy) is 2. The fraction of sp³-hybridized carbons (Fsp3) is 0.156. The van der Waals surface area contributed by atoms with Gasteiger partial charge >= 0.3 is 11.9 Å². The number of nitrogens with zero attached hydrogens (tertiary/aromatic N) is 6. The molecule has 0 aliphatic carbocycles. The SMILES string of the molecule is [C-]#[N+]c1cc(-c2nc(-c3ccccc3)nc(-n3c4ccc(C(C)(C)C)cc4c4cc(C(C)(C)C)ccc43)n2)ccc1-n1c2ccc(C(=O)OCc3ccccc3)cc2c2cc(C(=O)OCc3ccccc3)ccc21. The normalized spacial score (nSPS) is 11.9. The van der Waals surface area contributed by atoms with Gasteiger partial charge < -0.3 is 14.0 Å². The minimum atomic E-state index is -0.488. The van der Waals surface area contributed by atoms with Gasteiger partial charge in [-0.25, -0.2) is 19.4 Å². The van der Waals surface area contributed by atoms with Crippen molar-refractivity contribution in [1.29, 1.82) is 0 Å². The van der Waals surface area contributed by atoms with Crippen LogP contribution in [0.25, 0.3) is 82.9 Å². The van der Waals surface area contributed by atoms with E-state index in [1.807, 2.05) is 126 Å². The Morgan fingerprint density at radius 2 is 0.905 bits per heavy atom. The van der Waals surface area contributed by atoms with Crippen LogP contribution in [0.15, 0.2) is 182 Å². The van der Waals surface area contributed by atoms with Gasteiger partial charge in [0.25, 0.3) is 0 Å². The van der Waals surface area contributed by atoms with Gasteiger partial charge in [-0.2, -0.15) is 9.97 Å². The van der Waals surface area contributed by atoms with E-state index in [0.717, 1.165) is 49.5 Å². The lowest BCUT2D eigenvalue weighted by atomic mass is 9.85. The lowest BCUT2D eigenvalue weighted by molar-refractivity contribution is 0.0464. The number of carbonyl (C=O) groups is 2. The van der Waals surface area contributed by atoms with Crippen LogP contribution >= 0.6 is 0 Å². The van der Waals surface area contributed by atoms with Crippen LogP contribution in [0.3, 0.4) is 0 Å². The second kappa shape index (κ2) is 18.8. The molecule has 362 valence electrons. The summed E-state index contributed by atoms with van der Waals surface area (Å²) in [6, 6.07) is 58.6. The summed E-state index contributed by atoms with van der Waals surface area (Å²) in [7, 11) is 0. The zero-order chi connectivity index (χ0) is 51.3. The quantitative estimate of drug-likeness (QED) is 0.0993. The zero-order valence-electron chi connectivity index (χ0n) is 42.1. The van der Waals surface area contributed by atoms with Gasteiger partial charge in [0.05, 0.1) is 45.5 Å². The van der Waals surface area contributed by atoms with Crippen molar-refractivity contribution < 1.29 is 19.1 Å². The van der Waals surface area contributed by atoms with Gasteiger partial charge in [0.15, 0.2) is 11.6 Å². The number of hydrogen-bond acceptors (Lipinski definition) is 7. The summed E-state index contributed by atoms with van der Waals surface area (Å²) in [6.45, 7) is 22.2. The summed E-state index contributed by atoms with van der Waals surface area (Å²) in [5.41, 5.74) is 10.5. The van der Waals surface area contributed by atoms with Crippen molar-refractivity contribution in [2.75, 3.05) is 0 Å². The summed E-state index contributed by atoms with van der Waals surface area (Å²) in [4.78, 5) is 46.9. The molecule has 10 nitrogen and oxygen atoms in total. The van der Waals surface area contributed by atoms with E-state index in [1.165, 1.54) is 11.1 Å². The fourth-order valence-corrected chi connectivity index (χ4v) is 9.57. The monoisotopic (exact) mass is 968 g/mol. The Kier molecular flexibility index (Phi) is 12.0. The van der Waals surface area contributed by atoms with Crippen LogP contribution in [-0.2, 0) is 33.5 Å². The maximum atomic E-state index is 13.6. The number of rotatable bonds is 10. The molecule has 0 aliphatic rings. The van der Waals surface area contributed by atoms with E-state index in [4.69, 9.17) is 31.0 Å². The summed E-state index contributed by atoms with van der Waals surface area (Å²) >= 11 is 0. The van der Waals surface area contributed by atoms with Crippen LogP contribution in [0.4, 0.5) is 5.69 Å². The molecule has 0 saturated carbocycles. The van der Waals surface area contributed by atoms with Crippen molar-refractivity contribution in [1.82, 2.24) is 24.1 Å². The van der Waals surface area contributed by atoms with Gasteiger partial charge in [0, 0.05) is 32.7 Å². The van der Waals surface area contributed by atoms with Gasteiger partial charge in [0.1, 0.15) is 13.2 Å². The number of fused-ring (bicyclic) bond motifs is 6. The van der Waals surface area contributed by atoms with E-state index >= 15 is 0 Å². The molecule has 0 spiro atoms. The summed E-state index contributed by atoms with van der Waals surface area (Å²) in [5.74, 6) is 0.367. The Hall–Kier alpha value is -9.20. The first-order chi connectivity index (χ1) is 35.7. The topological polar surface area (TPSA) is 105 Å². The average Bonchev–Trinajstić information content (AvgIpc) is 3.94. The predicted molar refractivity (Wildman–Crippen MR) is 294 cm³/mol. The second-order valence-electron chi connectivity index (χ2n) is 20.7. The molecule has 0 unspecified atom stereocenters. The largest absolute Gasteiger partial charge is 0.457 e. The molecule has 0 atom stereocenters.